The fraction of sp³-hybridized carbons (Fsp3) is 0.444. The van der Waals surface area contributed by atoms with Crippen molar-refractivity contribution < 1.29 is 19.2 Å². The molecule has 0 radical (unpaired) electrons. The Morgan fingerprint density at radius 2 is 1.93 bits per heavy atom. The molecule has 6 amide bonds. The number of amides is 6. The molecule has 2 aliphatic rings. The average molecular weight is 427 g/mol. The average Bonchev–Trinajstić information content (AvgIpc) is 3.17. The first-order valence-electron chi connectivity index (χ1n) is 8.90. The molecule has 10 heteroatoms. The summed E-state index contributed by atoms with van der Waals surface area (Å²) in [5, 5.41) is 8.02. The molecule has 1 aromatic rings. The highest BCUT2D eigenvalue weighted by Gasteiger charge is 2.50. The van der Waals surface area contributed by atoms with E-state index in [0.29, 0.717) is 10.6 Å². The molecular weight excluding hydrogens is 407 g/mol. The summed E-state index contributed by atoms with van der Waals surface area (Å²) in [6, 6.07) is 3.22. The lowest BCUT2D eigenvalue weighted by Crippen LogP contribution is -2.48. The molecule has 1 unspecified atom stereocenters. The zero-order valence-corrected chi connectivity index (χ0v) is 16.7. The van der Waals surface area contributed by atoms with Crippen molar-refractivity contribution in [2.45, 2.75) is 44.2 Å². The molecule has 1 saturated heterocycles. The lowest BCUT2D eigenvalue weighted by atomic mass is 9.92. The third-order valence-corrected chi connectivity index (χ3v) is 5.54. The minimum absolute atomic E-state index is 0.0415. The monoisotopic (exact) mass is 426 g/mol. The quantitative estimate of drug-likeness (QED) is 0.642. The second kappa shape index (κ2) is 7.97. The molecule has 1 heterocycles. The van der Waals surface area contributed by atoms with Crippen LogP contribution < -0.4 is 16.0 Å². The van der Waals surface area contributed by atoms with Gasteiger partial charge in [-0.3, -0.25) is 19.8 Å². The van der Waals surface area contributed by atoms with Crippen LogP contribution in [0.3, 0.4) is 0 Å². The highest BCUT2D eigenvalue weighted by atomic mass is 35.5. The van der Waals surface area contributed by atoms with Crippen molar-refractivity contribution in [3.05, 3.63) is 33.8 Å². The van der Waals surface area contributed by atoms with Crippen molar-refractivity contribution in [3.8, 4) is 0 Å². The fourth-order valence-corrected chi connectivity index (χ4v) is 4.12. The second-order valence-corrected chi connectivity index (χ2v) is 7.92. The van der Waals surface area contributed by atoms with E-state index >= 15 is 0 Å². The van der Waals surface area contributed by atoms with Crippen LogP contribution in [-0.2, 0) is 15.1 Å². The smallest absolute Gasteiger partial charge is 0.325 e. The van der Waals surface area contributed by atoms with Crippen LogP contribution in [-0.4, -0.2) is 41.4 Å². The molecule has 1 aromatic carbocycles. The summed E-state index contributed by atoms with van der Waals surface area (Å²) in [6.07, 6.45) is 3.81. The van der Waals surface area contributed by atoms with E-state index in [0.717, 1.165) is 30.6 Å². The molecular formula is C18H20Cl2N4O4. The molecule has 8 nitrogen and oxygen atoms in total. The van der Waals surface area contributed by atoms with Gasteiger partial charge in [-0.1, -0.05) is 42.1 Å². The predicted molar refractivity (Wildman–Crippen MR) is 103 cm³/mol. The molecule has 150 valence electrons. The van der Waals surface area contributed by atoms with E-state index in [4.69, 9.17) is 23.2 Å². The molecule has 1 aliphatic carbocycles. The van der Waals surface area contributed by atoms with E-state index in [9.17, 15) is 19.2 Å². The van der Waals surface area contributed by atoms with E-state index in [1.807, 2.05) is 0 Å². The number of hydrogen-bond donors (Lipinski definition) is 3. The molecule has 1 atom stereocenters. The van der Waals surface area contributed by atoms with Crippen LogP contribution in [0.1, 0.15) is 38.2 Å². The van der Waals surface area contributed by atoms with Crippen LogP contribution in [0, 0.1) is 0 Å². The molecule has 0 bridgehead atoms. The molecule has 1 aliphatic heterocycles. The zero-order chi connectivity index (χ0) is 20.5. The van der Waals surface area contributed by atoms with Gasteiger partial charge in [-0.25, -0.2) is 9.59 Å². The normalized spacial score (nSPS) is 22.3. The van der Waals surface area contributed by atoms with Gasteiger partial charge in [-0.15, -0.1) is 0 Å². The molecule has 0 spiro atoms. The largest absolute Gasteiger partial charge is 0.335 e. The van der Waals surface area contributed by atoms with Gasteiger partial charge in [0.05, 0.1) is 0 Å². The first-order chi connectivity index (χ1) is 13.2. The molecule has 28 heavy (non-hydrogen) atoms. The van der Waals surface area contributed by atoms with Gasteiger partial charge in [0.15, 0.2) is 0 Å². The van der Waals surface area contributed by atoms with Crippen LogP contribution in [0.25, 0.3) is 0 Å². The Bertz CT molecular complexity index is 841. The summed E-state index contributed by atoms with van der Waals surface area (Å²) >= 11 is 12.1. The summed E-state index contributed by atoms with van der Waals surface area (Å²) in [6.45, 7) is 0.913. The fourth-order valence-electron chi connectivity index (χ4n) is 3.52. The second-order valence-electron chi connectivity index (χ2n) is 7.07. The predicted octanol–water partition coefficient (Wildman–Crippen LogP) is 2.53. The number of urea groups is 2. The van der Waals surface area contributed by atoms with Gasteiger partial charge in [0.1, 0.15) is 12.1 Å². The van der Waals surface area contributed by atoms with Gasteiger partial charge in [-0.2, -0.15) is 0 Å². The molecule has 0 aromatic heterocycles. The maximum atomic E-state index is 12.8. The van der Waals surface area contributed by atoms with Crippen molar-refractivity contribution in [2.24, 2.45) is 0 Å². The van der Waals surface area contributed by atoms with E-state index < -0.39 is 36.0 Å². The van der Waals surface area contributed by atoms with Gasteiger partial charge in [0.2, 0.25) is 5.91 Å². The van der Waals surface area contributed by atoms with E-state index in [1.165, 1.54) is 13.0 Å². The van der Waals surface area contributed by atoms with E-state index in [-0.39, 0.29) is 11.1 Å². The highest BCUT2D eigenvalue weighted by Crippen LogP contribution is 2.34. The molecule has 2 fully saturated rings. The maximum Gasteiger partial charge on any atom is 0.325 e. The molecule has 1 saturated carbocycles. The van der Waals surface area contributed by atoms with Crippen molar-refractivity contribution in [2.75, 3.05) is 6.54 Å². The Morgan fingerprint density at radius 3 is 2.57 bits per heavy atom. The third-order valence-electron chi connectivity index (χ3n) is 4.99. The Balaban J connectivity index is 1.66. The van der Waals surface area contributed by atoms with Gasteiger partial charge in [0, 0.05) is 21.7 Å². The lowest BCUT2D eigenvalue weighted by molar-refractivity contribution is -0.134. The number of nitrogens with one attached hydrogen (secondary N) is 3. The number of carbonyl (C=O) groups is 4. The first-order valence-corrected chi connectivity index (χ1v) is 9.66. The number of carbonyl (C=O) groups excluding carboxylic acids is 4. The third kappa shape index (κ3) is 4.07. The Morgan fingerprint density at radius 1 is 1.25 bits per heavy atom. The van der Waals surface area contributed by atoms with Crippen molar-refractivity contribution in [1.82, 2.24) is 20.9 Å². The summed E-state index contributed by atoms with van der Waals surface area (Å²) in [4.78, 5) is 49.9. The van der Waals surface area contributed by atoms with Crippen molar-refractivity contribution in [1.29, 1.82) is 0 Å². The van der Waals surface area contributed by atoms with Crippen LogP contribution in [0.15, 0.2) is 18.2 Å². The Kier molecular flexibility index (Phi) is 5.81. The van der Waals surface area contributed by atoms with Gasteiger partial charge < -0.3 is 10.6 Å². The minimum Gasteiger partial charge on any atom is -0.335 e. The highest BCUT2D eigenvalue weighted by molar-refractivity contribution is 6.35. The number of halogens is 2. The topological polar surface area (TPSA) is 108 Å². The number of hydrogen-bond acceptors (Lipinski definition) is 4. The van der Waals surface area contributed by atoms with E-state index in [2.05, 4.69) is 16.0 Å². The maximum absolute atomic E-state index is 12.8. The lowest BCUT2D eigenvalue weighted by Gasteiger charge is -2.23. The molecule has 3 N–H and O–H groups in total. The minimum atomic E-state index is -1.44. The van der Waals surface area contributed by atoms with Gasteiger partial charge in [-0.05, 0) is 31.9 Å². The number of imide groups is 2. The first kappa shape index (κ1) is 20.4. The van der Waals surface area contributed by atoms with Crippen LogP contribution in [0.5, 0.6) is 0 Å². The molecule has 3 rings (SSSR count). The SMILES string of the molecule is CC1(c2ccc(Cl)cc2Cl)NC(=O)N(CC(=O)NC(=O)NC2CCCC2)C1=O. The van der Waals surface area contributed by atoms with Crippen LogP contribution in [0.4, 0.5) is 9.59 Å². The summed E-state index contributed by atoms with van der Waals surface area (Å²) < 4.78 is 0. The zero-order valence-electron chi connectivity index (χ0n) is 15.2. The summed E-state index contributed by atoms with van der Waals surface area (Å²) in [5.41, 5.74) is -1.08. The standard InChI is InChI=1S/C18H20Cl2N4O4/c1-18(12-7-6-10(19)8-13(12)20)15(26)24(17(28)23-18)9-14(25)22-16(27)21-11-4-2-3-5-11/h6-8,11H,2-5,9H2,1H3,(H,23,28)(H2,21,22,25,27). The van der Waals surface area contributed by atoms with Crippen LogP contribution in [0.2, 0.25) is 10.0 Å². The Hall–Kier alpha value is -2.32. The van der Waals surface area contributed by atoms with Crippen LogP contribution >= 0.6 is 23.2 Å². The Labute approximate surface area is 171 Å². The summed E-state index contributed by atoms with van der Waals surface area (Å²) in [7, 11) is 0. The van der Waals surface area contributed by atoms with E-state index in [1.54, 1.807) is 12.1 Å². The van der Waals surface area contributed by atoms with Crippen molar-refractivity contribution >= 4 is 47.1 Å². The summed E-state index contributed by atoms with van der Waals surface area (Å²) in [5.74, 6) is -1.40. The van der Waals surface area contributed by atoms with Gasteiger partial charge in [0.25, 0.3) is 5.91 Å². The number of benzene rings is 1. The van der Waals surface area contributed by atoms with Gasteiger partial charge >= 0.3 is 12.1 Å². The van der Waals surface area contributed by atoms with Crippen molar-refractivity contribution in [3.63, 3.8) is 0 Å². The number of rotatable bonds is 4. The number of nitrogens with zero attached hydrogens (tertiary/aromatic N) is 1.